The van der Waals surface area contributed by atoms with Crippen molar-refractivity contribution in [2.75, 3.05) is 20.2 Å². The summed E-state index contributed by atoms with van der Waals surface area (Å²) in [5.41, 5.74) is 1.41. The Kier molecular flexibility index (Phi) is 7.72. The van der Waals surface area contributed by atoms with E-state index in [-0.39, 0.29) is 19.0 Å². The smallest absolute Gasteiger partial charge is 0.314 e. The van der Waals surface area contributed by atoms with E-state index in [0.717, 1.165) is 19.3 Å². The van der Waals surface area contributed by atoms with Gasteiger partial charge in [-0.1, -0.05) is 11.6 Å². The maximum Gasteiger partial charge on any atom is 0.314 e. The first-order valence-electron chi connectivity index (χ1n) is 7.06. The van der Waals surface area contributed by atoms with Crippen LogP contribution in [0.5, 0.6) is 0 Å². The Balaban J connectivity index is 2.13. The summed E-state index contributed by atoms with van der Waals surface area (Å²) in [6, 6.07) is -0.283. The Hall–Kier alpha value is -1.56. The predicted octanol–water partition coefficient (Wildman–Crippen LogP) is 1.67. The van der Waals surface area contributed by atoms with Crippen molar-refractivity contribution in [1.82, 2.24) is 10.6 Å². The van der Waals surface area contributed by atoms with Crippen molar-refractivity contribution in [2.24, 2.45) is 0 Å². The van der Waals surface area contributed by atoms with Crippen LogP contribution in [-0.2, 0) is 9.53 Å². The van der Waals surface area contributed by atoms with E-state index < -0.39 is 12.1 Å². The highest BCUT2D eigenvalue weighted by Gasteiger charge is 2.13. The third kappa shape index (κ3) is 7.13. The molecule has 3 N–H and O–H groups in total. The van der Waals surface area contributed by atoms with Gasteiger partial charge in [0.25, 0.3) is 0 Å². The van der Waals surface area contributed by atoms with E-state index in [1.165, 1.54) is 25.5 Å². The molecule has 1 aliphatic carbocycles. The summed E-state index contributed by atoms with van der Waals surface area (Å²) in [6.07, 6.45) is 7.30. The van der Waals surface area contributed by atoms with Gasteiger partial charge in [-0.15, -0.1) is 0 Å². The van der Waals surface area contributed by atoms with Crippen molar-refractivity contribution in [3.8, 4) is 0 Å². The summed E-state index contributed by atoms with van der Waals surface area (Å²) in [6.45, 7) is 0.797. The lowest BCUT2D eigenvalue weighted by molar-refractivity contribution is -0.139. The standard InChI is InChI=1S/C14H24N2O4/c1-20-12(9-13(17)18)10-16-14(19)15-8-7-11-5-3-2-4-6-11/h5,12H,2-4,6-10H2,1H3,(H,17,18)(H2,15,16,19). The average molecular weight is 284 g/mol. The lowest BCUT2D eigenvalue weighted by atomic mass is 9.97. The zero-order chi connectivity index (χ0) is 14.8. The molecule has 6 nitrogen and oxygen atoms in total. The minimum atomic E-state index is -0.941. The van der Waals surface area contributed by atoms with Gasteiger partial charge in [-0.05, 0) is 32.1 Å². The van der Waals surface area contributed by atoms with Gasteiger partial charge in [0.2, 0.25) is 0 Å². The van der Waals surface area contributed by atoms with E-state index in [1.807, 2.05) is 0 Å². The molecular weight excluding hydrogens is 260 g/mol. The first kappa shape index (κ1) is 16.5. The monoisotopic (exact) mass is 284 g/mol. The van der Waals surface area contributed by atoms with Crippen molar-refractivity contribution in [3.63, 3.8) is 0 Å². The Morgan fingerprint density at radius 2 is 2.20 bits per heavy atom. The Bertz CT molecular complexity index is 355. The number of rotatable bonds is 8. The molecule has 0 bridgehead atoms. The molecule has 0 saturated carbocycles. The average Bonchev–Trinajstić information content (AvgIpc) is 2.44. The fourth-order valence-corrected chi connectivity index (χ4v) is 2.17. The lowest BCUT2D eigenvalue weighted by Gasteiger charge is -2.15. The molecule has 0 heterocycles. The summed E-state index contributed by atoms with van der Waals surface area (Å²) in [5.74, 6) is -0.941. The van der Waals surface area contributed by atoms with E-state index >= 15 is 0 Å². The Morgan fingerprint density at radius 1 is 1.40 bits per heavy atom. The van der Waals surface area contributed by atoms with Gasteiger partial charge in [0.05, 0.1) is 12.5 Å². The quantitative estimate of drug-likeness (QED) is 0.592. The number of urea groups is 1. The number of aliphatic carboxylic acids is 1. The number of amides is 2. The second kappa shape index (κ2) is 9.36. The molecule has 1 unspecified atom stereocenters. The largest absolute Gasteiger partial charge is 0.481 e. The number of carboxylic acid groups (broad SMARTS) is 1. The van der Waals surface area contributed by atoms with Crippen LogP contribution in [0.3, 0.4) is 0 Å². The van der Waals surface area contributed by atoms with Crippen LogP contribution in [-0.4, -0.2) is 43.4 Å². The molecule has 6 heteroatoms. The molecule has 0 aromatic heterocycles. The molecule has 20 heavy (non-hydrogen) atoms. The molecule has 0 saturated heterocycles. The van der Waals surface area contributed by atoms with Gasteiger partial charge in [-0.25, -0.2) is 4.79 Å². The molecule has 1 rings (SSSR count). The SMILES string of the molecule is COC(CNC(=O)NCCC1=CCCCC1)CC(=O)O. The summed E-state index contributed by atoms with van der Waals surface area (Å²) in [7, 11) is 1.43. The normalized spacial score (nSPS) is 16.1. The van der Waals surface area contributed by atoms with Gasteiger partial charge in [0.15, 0.2) is 0 Å². The minimum Gasteiger partial charge on any atom is -0.481 e. The maximum atomic E-state index is 11.5. The Labute approximate surface area is 119 Å². The Morgan fingerprint density at radius 3 is 2.80 bits per heavy atom. The zero-order valence-electron chi connectivity index (χ0n) is 12.0. The molecule has 0 spiro atoms. The third-order valence-electron chi connectivity index (χ3n) is 3.34. The highest BCUT2D eigenvalue weighted by molar-refractivity contribution is 5.74. The third-order valence-corrected chi connectivity index (χ3v) is 3.34. The molecule has 2 amide bonds. The van der Waals surface area contributed by atoms with Crippen molar-refractivity contribution in [1.29, 1.82) is 0 Å². The van der Waals surface area contributed by atoms with E-state index in [1.54, 1.807) is 0 Å². The van der Waals surface area contributed by atoms with E-state index in [2.05, 4.69) is 16.7 Å². The predicted molar refractivity (Wildman–Crippen MR) is 75.6 cm³/mol. The van der Waals surface area contributed by atoms with Crippen molar-refractivity contribution in [2.45, 2.75) is 44.6 Å². The van der Waals surface area contributed by atoms with Crippen LogP contribution in [0.15, 0.2) is 11.6 Å². The van der Waals surface area contributed by atoms with Crippen LogP contribution in [0.25, 0.3) is 0 Å². The van der Waals surface area contributed by atoms with Gasteiger partial charge in [0, 0.05) is 20.2 Å². The fourth-order valence-electron chi connectivity index (χ4n) is 2.17. The minimum absolute atomic E-state index is 0.121. The second-order valence-electron chi connectivity index (χ2n) is 4.95. The summed E-state index contributed by atoms with van der Waals surface area (Å²) in [4.78, 5) is 22.1. The number of ether oxygens (including phenoxy) is 1. The molecule has 114 valence electrons. The van der Waals surface area contributed by atoms with Gasteiger partial charge in [-0.3, -0.25) is 4.79 Å². The molecule has 0 aliphatic heterocycles. The number of carboxylic acids is 1. The van der Waals surface area contributed by atoms with Gasteiger partial charge in [-0.2, -0.15) is 0 Å². The number of methoxy groups -OCH3 is 1. The molecule has 1 atom stereocenters. The van der Waals surface area contributed by atoms with Crippen LogP contribution in [0.1, 0.15) is 38.5 Å². The molecule has 0 aromatic rings. The lowest BCUT2D eigenvalue weighted by Crippen LogP contribution is -2.41. The van der Waals surface area contributed by atoms with Crippen molar-refractivity contribution >= 4 is 12.0 Å². The molecular formula is C14H24N2O4. The van der Waals surface area contributed by atoms with Crippen LogP contribution in [0.4, 0.5) is 4.79 Å². The van der Waals surface area contributed by atoms with Crippen molar-refractivity contribution in [3.05, 3.63) is 11.6 Å². The maximum absolute atomic E-state index is 11.5. The van der Waals surface area contributed by atoms with Gasteiger partial charge in [0.1, 0.15) is 0 Å². The number of carbonyl (C=O) groups is 2. The van der Waals surface area contributed by atoms with Crippen LogP contribution in [0, 0.1) is 0 Å². The number of hydrogen-bond donors (Lipinski definition) is 3. The fraction of sp³-hybridized carbons (Fsp3) is 0.714. The number of hydrogen-bond acceptors (Lipinski definition) is 3. The zero-order valence-corrected chi connectivity index (χ0v) is 12.0. The van der Waals surface area contributed by atoms with Gasteiger partial charge >= 0.3 is 12.0 Å². The summed E-state index contributed by atoms with van der Waals surface area (Å²) in [5, 5.41) is 14.0. The van der Waals surface area contributed by atoms with E-state index in [0.29, 0.717) is 6.54 Å². The highest BCUT2D eigenvalue weighted by Crippen LogP contribution is 2.19. The van der Waals surface area contributed by atoms with Crippen molar-refractivity contribution < 1.29 is 19.4 Å². The van der Waals surface area contributed by atoms with Crippen LogP contribution in [0.2, 0.25) is 0 Å². The number of carbonyl (C=O) groups excluding carboxylic acids is 1. The highest BCUT2D eigenvalue weighted by atomic mass is 16.5. The molecule has 1 aliphatic rings. The van der Waals surface area contributed by atoms with Crippen LogP contribution >= 0.6 is 0 Å². The second-order valence-corrected chi connectivity index (χ2v) is 4.95. The molecule has 0 fully saturated rings. The topological polar surface area (TPSA) is 87.7 Å². The molecule has 0 aromatic carbocycles. The number of nitrogens with one attached hydrogen (secondary N) is 2. The van der Waals surface area contributed by atoms with E-state index in [9.17, 15) is 9.59 Å². The van der Waals surface area contributed by atoms with Crippen LogP contribution < -0.4 is 10.6 Å². The first-order valence-corrected chi connectivity index (χ1v) is 7.06. The molecule has 0 radical (unpaired) electrons. The first-order chi connectivity index (χ1) is 9.61. The summed E-state index contributed by atoms with van der Waals surface area (Å²) < 4.78 is 4.98. The van der Waals surface area contributed by atoms with Gasteiger partial charge < -0.3 is 20.5 Å². The number of allylic oxidation sites excluding steroid dienone is 1. The summed E-state index contributed by atoms with van der Waals surface area (Å²) >= 11 is 0. The van der Waals surface area contributed by atoms with E-state index in [4.69, 9.17) is 9.84 Å².